The molecule has 0 fully saturated rings. The molecule has 0 bridgehead atoms. The number of hydrogen-bond donors (Lipinski definition) is 2. The number of nitrogens with one attached hydrogen (secondary N) is 1. The number of sulfonamides is 1. The fraction of sp³-hybridized carbons (Fsp3) is 0.143. The third-order valence-electron chi connectivity index (χ3n) is 2.86. The minimum Gasteiger partial charge on any atom is -0.399 e. The lowest BCUT2D eigenvalue weighted by Gasteiger charge is -2.09. The molecular formula is C14H14Cl2N2O2S. The average Bonchev–Trinajstić information content (AvgIpc) is 2.40. The normalized spacial score (nSPS) is 11.5. The molecule has 0 aliphatic heterocycles. The van der Waals surface area contributed by atoms with E-state index < -0.39 is 10.0 Å². The first-order valence-corrected chi connectivity index (χ1v) is 8.41. The molecule has 3 N–H and O–H groups in total. The van der Waals surface area contributed by atoms with Gasteiger partial charge in [-0.1, -0.05) is 35.3 Å². The summed E-state index contributed by atoms with van der Waals surface area (Å²) < 4.78 is 26.8. The van der Waals surface area contributed by atoms with Gasteiger partial charge in [-0.3, -0.25) is 0 Å². The van der Waals surface area contributed by atoms with E-state index in [4.69, 9.17) is 28.9 Å². The van der Waals surface area contributed by atoms with Crippen LogP contribution in [0, 0.1) is 0 Å². The van der Waals surface area contributed by atoms with Crippen LogP contribution in [0.15, 0.2) is 47.4 Å². The summed E-state index contributed by atoms with van der Waals surface area (Å²) in [4.78, 5) is 0.0227. The molecule has 21 heavy (non-hydrogen) atoms. The van der Waals surface area contributed by atoms with Crippen LogP contribution >= 0.6 is 23.2 Å². The van der Waals surface area contributed by atoms with Crippen molar-refractivity contribution >= 4 is 38.9 Å². The highest BCUT2D eigenvalue weighted by Crippen LogP contribution is 2.23. The van der Waals surface area contributed by atoms with Gasteiger partial charge >= 0.3 is 0 Å². The van der Waals surface area contributed by atoms with Crippen LogP contribution in [0.2, 0.25) is 10.0 Å². The van der Waals surface area contributed by atoms with E-state index >= 15 is 0 Å². The zero-order chi connectivity index (χ0) is 15.5. The van der Waals surface area contributed by atoms with E-state index in [1.807, 2.05) is 12.1 Å². The smallest absolute Gasteiger partial charge is 0.242 e. The van der Waals surface area contributed by atoms with Gasteiger partial charge in [-0.2, -0.15) is 0 Å². The first-order chi connectivity index (χ1) is 9.88. The van der Waals surface area contributed by atoms with Crippen molar-refractivity contribution in [2.45, 2.75) is 11.3 Å². The van der Waals surface area contributed by atoms with Crippen LogP contribution < -0.4 is 10.5 Å². The number of anilines is 1. The Morgan fingerprint density at radius 1 is 1.05 bits per heavy atom. The molecule has 0 amide bonds. The molecule has 0 atom stereocenters. The minimum atomic E-state index is -3.65. The Labute approximate surface area is 133 Å². The van der Waals surface area contributed by atoms with Crippen LogP contribution in [-0.4, -0.2) is 15.0 Å². The van der Waals surface area contributed by atoms with E-state index in [2.05, 4.69) is 4.72 Å². The summed E-state index contributed by atoms with van der Waals surface area (Å²) in [6.07, 6.45) is 0.559. The average molecular weight is 345 g/mol. The second-order valence-electron chi connectivity index (χ2n) is 4.46. The van der Waals surface area contributed by atoms with Gasteiger partial charge in [0.15, 0.2) is 0 Å². The first kappa shape index (κ1) is 16.1. The molecule has 4 nitrogen and oxygen atoms in total. The van der Waals surface area contributed by atoms with Crippen molar-refractivity contribution in [1.29, 1.82) is 0 Å². The molecule has 0 radical (unpaired) electrons. The van der Waals surface area contributed by atoms with E-state index in [1.165, 1.54) is 18.2 Å². The van der Waals surface area contributed by atoms with E-state index in [0.717, 1.165) is 5.56 Å². The highest BCUT2D eigenvalue weighted by molar-refractivity contribution is 7.89. The summed E-state index contributed by atoms with van der Waals surface area (Å²) in [5.74, 6) is 0. The maximum atomic E-state index is 12.2. The van der Waals surface area contributed by atoms with E-state index in [9.17, 15) is 8.42 Å². The SMILES string of the molecule is Nc1ccc(S(=O)(=O)NCCc2ccc(Cl)cc2)c(Cl)c1. The second-order valence-corrected chi connectivity index (χ2v) is 7.04. The second kappa shape index (κ2) is 6.66. The molecular weight excluding hydrogens is 331 g/mol. The summed E-state index contributed by atoms with van der Waals surface area (Å²) in [7, 11) is -3.65. The Bertz CT molecular complexity index is 731. The third-order valence-corrected chi connectivity index (χ3v) is 5.06. The molecule has 0 saturated heterocycles. The zero-order valence-corrected chi connectivity index (χ0v) is 13.3. The summed E-state index contributed by atoms with van der Waals surface area (Å²) in [5.41, 5.74) is 6.96. The Hall–Kier alpha value is -1.27. The summed E-state index contributed by atoms with van der Waals surface area (Å²) in [5, 5.41) is 0.752. The van der Waals surface area contributed by atoms with E-state index in [-0.39, 0.29) is 16.5 Å². The van der Waals surface area contributed by atoms with Gasteiger partial charge in [0.2, 0.25) is 10.0 Å². The lowest BCUT2D eigenvalue weighted by atomic mass is 10.2. The fourth-order valence-electron chi connectivity index (χ4n) is 1.79. The highest BCUT2D eigenvalue weighted by Gasteiger charge is 2.17. The minimum absolute atomic E-state index is 0.0227. The largest absolute Gasteiger partial charge is 0.399 e. The Morgan fingerprint density at radius 2 is 1.71 bits per heavy atom. The summed E-state index contributed by atoms with van der Waals surface area (Å²) >= 11 is 11.7. The molecule has 2 rings (SSSR count). The van der Waals surface area contributed by atoms with Crippen LogP contribution in [0.4, 0.5) is 5.69 Å². The molecule has 0 saturated carbocycles. The Balaban J connectivity index is 2.03. The van der Waals surface area contributed by atoms with Crippen LogP contribution in [-0.2, 0) is 16.4 Å². The predicted octanol–water partition coefficient (Wildman–Crippen LogP) is 3.10. The quantitative estimate of drug-likeness (QED) is 0.818. The van der Waals surface area contributed by atoms with Crippen molar-refractivity contribution < 1.29 is 8.42 Å². The van der Waals surface area contributed by atoms with Gasteiger partial charge in [0.1, 0.15) is 4.90 Å². The standard InChI is InChI=1S/C14H14Cl2N2O2S/c15-11-3-1-10(2-4-11)7-8-18-21(19,20)14-6-5-12(17)9-13(14)16/h1-6,9,18H,7-8,17H2. The molecule has 0 unspecified atom stereocenters. The van der Waals surface area contributed by atoms with Crippen molar-refractivity contribution in [2.75, 3.05) is 12.3 Å². The molecule has 0 aliphatic rings. The van der Waals surface area contributed by atoms with Gasteiger partial charge in [0.05, 0.1) is 5.02 Å². The van der Waals surface area contributed by atoms with Crippen molar-refractivity contribution in [3.8, 4) is 0 Å². The first-order valence-electron chi connectivity index (χ1n) is 6.17. The van der Waals surface area contributed by atoms with E-state index in [1.54, 1.807) is 12.1 Å². The highest BCUT2D eigenvalue weighted by atomic mass is 35.5. The third kappa shape index (κ3) is 4.35. The Kier molecular flexibility index (Phi) is 5.11. The van der Waals surface area contributed by atoms with Gasteiger partial charge in [-0.25, -0.2) is 13.1 Å². The number of benzene rings is 2. The lowest BCUT2D eigenvalue weighted by molar-refractivity contribution is 0.581. The van der Waals surface area contributed by atoms with Gasteiger partial charge in [-0.05, 0) is 42.3 Å². The van der Waals surface area contributed by atoms with Crippen LogP contribution in [0.5, 0.6) is 0 Å². The van der Waals surface area contributed by atoms with Gasteiger partial charge < -0.3 is 5.73 Å². The Morgan fingerprint density at radius 3 is 2.33 bits per heavy atom. The van der Waals surface area contributed by atoms with Crippen LogP contribution in [0.25, 0.3) is 0 Å². The fourth-order valence-corrected chi connectivity index (χ4v) is 3.50. The lowest BCUT2D eigenvalue weighted by Crippen LogP contribution is -2.26. The molecule has 0 aliphatic carbocycles. The van der Waals surface area contributed by atoms with Crippen molar-refractivity contribution in [3.05, 3.63) is 58.1 Å². The number of halogens is 2. The number of hydrogen-bond acceptors (Lipinski definition) is 3. The van der Waals surface area contributed by atoms with Crippen LogP contribution in [0.1, 0.15) is 5.56 Å². The monoisotopic (exact) mass is 344 g/mol. The molecule has 2 aromatic carbocycles. The number of rotatable bonds is 5. The maximum absolute atomic E-state index is 12.2. The molecule has 0 aromatic heterocycles. The molecule has 0 spiro atoms. The topological polar surface area (TPSA) is 72.2 Å². The van der Waals surface area contributed by atoms with Gasteiger partial charge in [0.25, 0.3) is 0 Å². The van der Waals surface area contributed by atoms with Gasteiger partial charge in [-0.15, -0.1) is 0 Å². The molecule has 2 aromatic rings. The van der Waals surface area contributed by atoms with Gasteiger partial charge in [0, 0.05) is 17.3 Å². The van der Waals surface area contributed by atoms with Crippen molar-refractivity contribution in [2.24, 2.45) is 0 Å². The van der Waals surface area contributed by atoms with Crippen LogP contribution in [0.3, 0.4) is 0 Å². The zero-order valence-electron chi connectivity index (χ0n) is 11.0. The molecule has 112 valence electrons. The summed E-state index contributed by atoms with van der Waals surface area (Å²) in [6.45, 7) is 0.269. The molecule has 0 heterocycles. The number of nitrogens with two attached hydrogens (primary N) is 1. The summed E-state index contributed by atoms with van der Waals surface area (Å²) in [6, 6.07) is 11.5. The predicted molar refractivity (Wildman–Crippen MR) is 86.2 cm³/mol. The molecule has 7 heteroatoms. The van der Waals surface area contributed by atoms with Crippen molar-refractivity contribution in [3.63, 3.8) is 0 Å². The number of nitrogen functional groups attached to an aromatic ring is 1. The van der Waals surface area contributed by atoms with Crippen molar-refractivity contribution in [1.82, 2.24) is 4.72 Å². The maximum Gasteiger partial charge on any atom is 0.242 e. The van der Waals surface area contributed by atoms with E-state index in [0.29, 0.717) is 17.1 Å².